The van der Waals surface area contributed by atoms with Crippen LogP contribution in [0, 0.1) is 6.92 Å². The Bertz CT molecular complexity index is 614. The van der Waals surface area contributed by atoms with E-state index in [0.717, 1.165) is 24.6 Å². The summed E-state index contributed by atoms with van der Waals surface area (Å²) in [4.78, 5) is 8.87. The highest BCUT2D eigenvalue weighted by Gasteiger charge is 2.18. The van der Waals surface area contributed by atoms with Gasteiger partial charge in [0.15, 0.2) is 0 Å². The van der Waals surface area contributed by atoms with E-state index in [4.69, 9.17) is 5.73 Å². The lowest BCUT2D eigenvalue weighted by Gasteiger charge is -2.18. The number of hydrogen-bond acceptors (Lipinski definition) is 4. The minimum atomic E-state index is -0.109. The van der Waals surface area contributed by atoms with Crippen molar-refractivity contribution in [2.45, 2.75) is 39.5 Å². The first kappa shape index (κ1) is 15.3. The molecule has 0 radical (unpaired) electrons. The van der Waals surface area contributed by atoms with Gasteiger partial charge in [0.2, 0.25) is 0 Å². The zero-order valence-corrected chi connectivity index (χ0v) is 13.3. The fourth-order valence-corrected chi connectivity index (χ4v) is 2.11. The molecule has 21 heavy (non-hydrogen) atoms. The van der Waals surface area contributed by atoms with Gasteiger partial charge in [-0.3, -0.25) is 0 Å². The van der Waals surface area contributed by atoms with Gasteiger partial charge in [-0.25, -0.2) is 9.97 Å². The number of rotatable bonds is 4. The van der Waals surface area contributed by atoms with E-state index in [9.17, 15) is 0 Å². The molecule has 1 aromatic heterocycles. The maximum atomic E-state index is 5.87. The molecule has 0 saturated carbocycles. The topological polar surface area (TPSA) is 63.8 Å². The van der Waals surface area contributed by atoms with Gasteiger partial charge < -0.3 is 11.1 Å². The van der Waals surface area contributed by atoms with E-state index in [-0.39, 0.29) is 5.41 Å². The molecule has 0 aliphatic heterocycles. The number of nitrogens with one attached hydrogen (secondary N) is 1. The highest BCUT2D eigenvalue weighted by molar-refractivity contribution is 5.45. The lowest BCUT2D eigenvalue weighted by Crippen LogP contribution is -2.18. The molecule has 0 bridgehead atoms. The Morgan fingerprint density at radius 3 is 2.52 bits per heavy atom. The predicted octanol–water partition coefficient (Wildman–Crippen LogP) is 3.32. The van der Waals surface area contributed by atoms with Crippen LogP contribution in [0.3, 0.4) is 0 Å². The molecule has 0 saturated heterocycles. The number of nitrogen functional groups attached to an aromatic ring is 1. The molecule has 0 amide bonds. The summed E-state index contributed by atoms with van der Waals surface area (Å²) in [7, 11) is 0. The van der Waals surface area contributed by atoms with Crippen LogP contribution in [0.4, 0.5) is 11.6 Å². The monoisotopic (exact) mass is 284 g/mol. The third-order valence-electron chi connectivity index (χ3n) is 3.38. The number of nitrogens with two attached hydrogens (primary N) is 1. The molecule has 4 nitrogen and oxygen atoms in total. The minimum absolute atomic E-state index is 0.109. The van der Waals surface area contributed by atoms with Crippen molar-refractivity contribution in [2.75, 3.05) is 17.6 Å². The summed E-state index contributed by atoms with van der Waals surface area (Å²) in [6.07, 6.45) is 0.960. The van der Waals surface area contributed by atoms with Crippen LogP contribution < -0.4 is 11.1 Å². The Morgan fingerprint density at radius 1 is 1.14 bits per heavy atom. The SMILES string of the molecule is Cc1ccccc1CCNc1cc(N)nc(C(C)(C)C)n1. The first-order valence-electron chi connectivity index (χ1n) is 7.29. The predicted molar refractivity (Wildman–Crippen MR) is 88.5 cm³/mol. The first-order valence-corrected chi connectivity index (χ1v) is 7.29. The molecule has 0 spiro atoms. The molecule has 0 unspecified atom stereocenters. The van der Waals surface area contributed by atoms with Gasteiger partial charge in [0.25, 0.3) is 0 Å². The third-order valence-corrected chi connectivity index (χ3v) is 3.38. The molecule has 3 N–H and O–H groups in total. The van der Waals surface area contributed by atoms with E-state index in [2.05, 4.69) is 67.2 Å². The summed E-state index contributed by atoms with van der Waals surface area (Å²) in [6, 6.07) is 10.2. The van der Waals surface area contributed by atoms with Gasteiger partial charge in [-0.2, -0.15) is 0 Å². The quantitative estimate of drug-likeness (QED) is 0.904. The van der Waals surface area contributed by atoms with Crippen molar-refractivity contribution in [2.24, 2.45) is 0 Å². The molecule has 2 aromatic rings. The molecule has 0 aliphatic carbocycles. The fourth-order valence-electron chi connectivity index (χ4n) is 2.11. The second kappa shape index (κ2) is 6.12. The Balaban J connectivity index is 2.04. The number of hydrogen-bond donors (Lipinski definition) is 2. The molecular weight excluding hydrogens is 260 g/mol. The van der Waals surface area contributed by atoms with E-state index in [1.807, 2.05) is 0 Å². The Kier molecular flexibility index (Phi) is 4.46. The van der Waals surface area contributed by atoms with Gasteiger partial charge >= 0.3 is 0 Å². The molecule has 0 fully saturated rings. The maximum absolute atomic E-state index is 5.87. The Morgan fingerprint density at radius 2 is 1.86 bits per heavy atom. The number of benzene rings is 1. The van der Waals surface area contributed by atoms with E-state index in [1.54, 1.807) is 6.07 Å². The summed E-state index contributed by atoms with van der Waals surface area (Å²) < 4.78 is 0. The highest BCUT2D eigenvalue weighted by Crippen LogP contribution is 2.21. The van der Waals surface area contributed by atoms with E-state index in [1.165, 1.54) is 11.1 Å². The summed E-state index contributed by atoms with van der Waals surface area (Å²) in [6.45, 7) is 9.21. The highest BCUT2D eigenvalue weighted by atomic mass is 15.1. The summed E-state index contributed by atoms with van der Waals surface area (Å²) in [5, 5.41) is 3.34. The zero-order valence-electron chi connectivity index (χ0n) is 13.3. The molecule has 1 aromatic carbocycles. The van der Waals surface area contributed by atoms with Gasteiger partial charge in [0.05, 0.1) is 0 Å². The van der Waals surface area contributed by atoms with Crippen molar-refractivity contribution in [1.29, 1.82) is 0 Å². The van der Waals surface area contributed by atoms with Crippen molar-refractivity contribution in [3.8, 4) is 0 Å². The van der Waals surface area contributed by atoms with Gasteiger partial charge in [-0.15, -0.1) is 0 Å². The summed E-state index contributed by atoms with van der Waals surface area (Å²) >= 11 is 0. The van der Waals surface area contributed by atoms with Crippen LogP contribution in [0.2, 0.25) is 0 Å². The lowest BCUT2D eigenvalue weighted by atomic mass is 9.96. The molecule has 1 heterocycles. The van der Waals surface area contributed by atoms with Crippen molar-refractivity contribution in [3.63, 3.8) is 0 Å². The van der Waals surface area contributed by atoms with Crippen LogP contribution in [0.1, 0.15) is 37.7 Å². The van der Waals surface area contributed by atoms with Gasteiger partial charge in [-0.05, 0) is 24.5 Å². The summed E-state index contributed by atoms with van der Waals surface area (Å²) in [5.74, 6) is 2.07. The van der Waals surface area contributed by atoms with Crippen LogP contribution in [-0.2, 0) is 11.8 Å². The standard InChI is InChI=1S/C17H24N4/c1-12-7-5-6-8-13(12)9-10-19-15-11-14(18)20-16(21-15)17(2,3)4/h5-8,11H,9-10H2,1-4H3,(H3,18,19,20,21). The fraction of sp³-hybridized carbons (Fsp3) is 0.412. The minimum Gasteiger partial charge on any atom is -0.384 e. The van der Waals surface area contributed by atoms with Crippen molar-refractivity contribution in [1.82, 2.24) is 9.97 Å². The first-order chi connectivity index (χ1) is 9.86. The molecule has 0 aliphatic rings. The number of aryl methyl sites for hydroxylation is 1. The van der Waals surface area contributed by atoms with Gasteiger partial charge in [0, 0.05) is 18.0 Å². The Labute approximate surface area is 126 Å². The van der Waals surface area contributed by atoms with E-state index < -0.39 is 0 Å². The maximum Gasteiger partial charge on any atom is 0.138 e. The number of nitrogens with zero attached hydrogens (tertiary/aromatic N) is 2. The van der Waals surface area contributed by atoms with Crippen molar-refractivity contribution in [3.05, 3.63) is 47.3 Å². The molecular formula is C17H24N4. The van der Waals surface area contributed by atoms with Gasteiger partial charge in [-0.1, -0.05) is 45.0 Å². The average molecular weight is 284 g/mol. The van der Waals surface area contributed by atoms with Gasteiger partial charge in [0.1, 0.15) is 17.5 Å². The van der Waals surface area contributed by atoms with Crippen LogP contribution in [0.5, 0.6) is 0 Å². The smallest absolute Gasteiger partial charge is 0.138 e. The molecule has 4 heteroatoms. The number of aromatic nitrogens is 2. The molecule has 2 rings (SSSR count). The third kappa shape index (κ3) is 4.18. The second-order valence-corrected chi connectivity index (χ2v) is 6.35. The van der Waals surface area contributed by atoms with Crippen LogP contribution >= 0.6 is 0 Å². The lowest BCUT2D eigenvalue weighted by molar-refractivity contribution is 0.547. The molecule has 112 valence electrons. The largest absolute Gasteiger partial charge is 0.384 e. The molecule has 0 atom stereocenters. The van der Waals surface area contributed by atoms with Crippen molar-refractivity contribution < 1.29 is 0 Å². The summed E-state index contributed by atoms with van der Waals surface area (Å²) in [5.41, 5.74) is 8.43. The van der Waals surface area contributed by atoms with Crippen molar-refractivity contribution >= 4 is 11.6 Å². The normalized spacial score (nSPS) is 11.4. The zero-order chi connectivity index (χ0) is 15.5. The second-order valence-electron chi connectivity index (χ2n) is 6.35. The van der Waals surface area contributed by atoms with Crippen LogP contribution in [-0.4, -0.2) is 16.5 Å². The van der Waals surface area contributed by atoms with Crippen LogP contribution in [0.15, 0.2) is 30.3 Å². The average Bonchev–Trinajstić information content (AvgIpc) is 2.39. The van der Waals surface area contributed by atoms with Crippen LogP contribution in [0.25, 0.3) is 0 Å². The van der Waals surface area contributed by atoms with E-state index >= 15 is 0 Å². The Hall–Kier alpha value is -2.10. The van der Waals surface area contributed by atoms with E-state index in [0.29, 0.717) is 5.82 Å². The number of anilines is 2.